The summed E-state index contributed by atoms with van der Waals surface area (Å²) in [5, 5.41) is 2.58. The van der Waals surface area contributed by atoms with Gasteiger partial charge in [-0.05, 0) is 35.4 Å². The average Bonchev–Trinajstić information content (AvgIpc) is 2.92. The van der Waals surface area contributed by atoms with Crippen LogP contribution in [0.5, 0.6) is 0 Å². The minimum Gasteiger partial charge on any atom is -0.324 e. The SMILES string of the molecule is C=C(C)Cn1c(Cc2cccc3ccccc23)nc2ccccc21. The van der Waals surface area contributed by atoms with E-state index in [4.69, 9.17) is 4.98 Å². The zero-order valence-electron chi connectivity index (χ0n) is 13.9. The van der Waals surface area contributed by atoms with Crippen LogP contribution in [0.15, 0.2) is 78.9 Å². The number of fused-ring (bicyclic) bond motifs is 2. The van der Waals surface area contributed by atoms with Gasteiger partial charge >= 0.3 is 0 Å². The molecular weight excluding hydrogens is 292 g/mol. The van der Waals surface area contributed by atoms with Crippen LogP contribution in [0.3, 0.4) is 0 Å². The minimum atomic E-state index is 0.806. The Bertz CT molecular complexity index is 1030. The predicted molar refractivity (Wildman–Crippen MR) is 101 cm³/mol. The molecule has 0 bridgehead atoms. The van der Waals surface area contributed by atoms with E-state index in [1.165, 1.54) is 21.9 Å². The van der Waals surface area contributed by atoms with Crippen LogP contribution in [0, 0.1) is 0 Å². The molecule has 2 nitrogen and oxygen atoms in total. The van der Waals surface area contributed by atoms with Gasteiger partial charge in [0.15, 0.2) is 0 Å². The fourth-order valence-electron chi connectivity index (χ4n) is 3.32. The summed E-state index contributed by atoms with van der Waals surface area (Å²) in [6, 6.07) is 23.4. The van der Waals surface area contributed by atoms with Gasteiger partial charge < -0.3 is 4.57 Å². The lowest BCUT2D eigenvalue weighted by Gasteiger charge is -2.11. The molecule has 0 unspecified atom stereocenters. The molecule has 0 aliphatic heterocycles. The van der Waals surface area contributed by atoms with Crippen molar-refractivity contribution in [3.63, 3.8) is 0 Å². The van der Waals surface area contributed by atoms with Gasteiger partial charge in [0.25, 0.3) is 0 Å². The van der Waals surface area contributed by atoms with Crippen molar-refractivity contribution in [3.05, 3.63) is 90.3 Å². The second-order valence-electron chi connectivity index (χ2n) is 6.38. The molecule has 0 aliphatic carbocycles. The number of hydrogen-bond donors (Lipinski definition) is 0. The van der Waals surface area contributed by atoms with E-state index in [9.17, 15) is 0 Å². The maximum Gasteiger partial charge on any atom is 0.114 e. The Morgan fingerprint density at radius 3 is 2.58 bits per heavy atom. The summed E-state index contributed by atoms with van der Waals surface area (Å²) >= 11 is 0. The molecule has 0 spiro atoms. The van der Waals surface area contributed by atoms with E-state index in [0.717, 1.165) is 29.9 Å². The first-order valence-electron chi connectivity index (χ1n) is 8.27. The zero-order valence-corrected chi connectivity index (χ0v) is 13.9. The standard InChI is InChI=1S/C22H20N2/c1-16(2)15-24-21-13-6-5-12-20(21)23-22(24)14-18-10-7-9-17-8-3-4-11-19(17)18/h3-13H,1,14-15H2,2H3. The summed E-state index contributed by atoms with van der Waals surface area (Å²) in [7, 11) is 0. The molecule has 0 fully saturated rings. The van der Waals surface area contributed by atoms with E-state index in [-0.39, 0.29) is 0 Å². The van der Waals surface area contributed by atoms with Crippen LogP contribution in [0.2, 0.25) is 0 Å². The summed E-state index contributed by atoms with van der Waals surface area (Å²) < 4.78 is 2.29. The Morgan fingerprint density at radius 2 is 1.71 bits per heavy atom. The Morgan fingerprint density at radius 1 is 0.958 bits per heavy atom. The van der Waals surface area contributed by atoms with E-state index in [2.05, 4.69) is 78.7 Å². The summed E-state index contributed by atoms with van der Waals surface area (Å²) in [6.07, 6.45) is 0.823. The van der Waals surface area contributed by atoms with Gasteiger partial charge in [-0.3, -0.25) is 0 Å². The van der Waals surface area contributed by atoms with Crippen LogP contribution >= 0.6 is 0 Å². The van der Waals surface area contributed by atoms with Gasteiger partial charge in [-0.1, -0.05) is 66.7 Å². The van der Waals surface area contributed by atoms with E-state index in [1.807, 2.05) is 6.07 Å². The summed E-state index contributed by atoms with van der Waals surface area (Å²) in [6.45, 7) is 6.96. The van der Waals surface area contributed by atoms with Crippen LogP contribution < -0.4 is 0 Å². The third kappa shape index (κ3) is 2.61. The Hall–Kier alpha value is -2.87. The maximum atomic E-state index is 4.89. The molecule has 118 valence electrons. The average molecular weight is 312 g/mol. The first-order valence-corrected chi connectivity index (χ1v) is 8.27. The molecule has 0 saturated carbocycles. The summed E-state index contributed by atoms with van der Waals surface area (Å²) in [4.78, 5) is 4.89. The summed E-state index contributed by atoms with van der Waals surface area (Å²) in [5.74, 6) is 1.09. The number of aromatic nitrogens is 2. The Labute approximate surface area is 142 Å². The second-order valence-corrected chi connectivity index (χ2v) is 6.38. The Balaban J connectivity index is 1.85. The molecule has 0 amide bonds. The molecule has 0 aliphatic rings. The molecule has 0 N–H and O–H groups in total. The van der Waals surface area contributed by atoms with Crippen molar-refractivity contribution < 1.29 is 0 Å². The van der Waals surface area contributed by atoms with Crippen molar-refractivity contribution in [1.29, 1.82) is 0 Å². The smallest absolute Gasteiger partial charge is 0.114 e. The normalized spacial score (nSPS) is 11.2. The molecular formula is C22H20N2. The van der Waals surface area contributed by atoms with Crippen LogP contribution in [-0.4, -0.2) is 9.55 Å². The highest BCUT2D eigenvalue weighted by Gasteiger charge is 2.12. The van der Waals surface area contributed by atoms with Gasteiger partial charge in [0.1, 0.15) is 5.82 Å². The number of benzene rings is 3. The number of para-hydroxylation sites is 2. The van der Waals surface area contributed by atoms with Crippen molar-refractivity contribution in [1.82, 2.24) is 9.55 Å². The van der Waals surface area contributed by atoms with Crippen molar-refractivity contribution in [2.45, 2.75) is 19.9 Å². The van der Waals surface area contributed by atoms with E-state index in [1.54, 1.807) is 0 Å². The Kier molecular flexibility index (Phi) is 3.66. The molecule has 0 radical (unpaired) electrons. The highest BCUT2D eigenvalue weighted by molar-refractivity contribution is 5.86. The topological polar surface area (TPSA) is 17.8 Å². The molecule has 0 atom stereocenters. The van der Waals surface area contributed by atoms with Crippen LogP contribution in [0.4, 0.5) is 0 Å². The van der Waals surface area contributed by atoms with Gasteiger partial charge in [0.05, 0.1) is 11.0 Å². The molecule has 1 aromatic heterocycles. The minimum absolute atomic E-state index is 0.806. The van der Waals surface area contributed by atoms with Crippen molar-refractivity contribution in [3.8, 4) is 0 Å². The number of rotatable bonds is 4. The third-order valence-electron chi connectivity index (χ3n) is 4.39. The van der Waals surface area contributed by atoms with E-state index < -0.39 is 0 Å². The first kappa shape index (κ1) is 14.7. The maximum absolute atomic E-state index is 4.89. The lowest BCUT2D eigenvalue weighted by molar-refractivity contribution is 0.754. The molecule has 4 rings (SSSR count). The van der Waals surface area contributed by atoms with Gasteiger partial charge in [0, 0.05) is 13.0 Å². The molecule has 4 aromatic rings. The van der Waals surface area contributed by atoms with Gasteiger partial charge in [-0.25, -0.2) is 4.98 Å². The van der Waals surface area contributed by atoms with Gasteiger partial charge in [-0.15, -0.1) is 0 Å². The van der Waals surface area contributed by atoms with Gasteiger partial charge in [0.2, 0.25) is 0 Å². The van der Waals surface area contributed by atoms with E-state index in [0.29, 0.717) is 0 Å². The van der Waals surface area contributed by atoms with Crippen molar-refractivity contribution in [2.75, 3.05) is 0 Å². The molecule has 3 aromatic carbocycles. The molecule has 24 heavy (non-hydrogen) atoms. The van der Waals surface area contributed by atoms with Crippen molar-refractivity contribution >= 4 is 21.8 Å². The molecule has 2 heteroatoms. The van der Waals surface area contributed by atoms with Crippen LogP contribution in [-0.2, 0) is 13.0 Å². The third-order valence-corrected chi connectivity index (χ3v) is 4.39. The number of allylic oxidation sites excluding steroid dienone is 1. The number of imidazole rings is 1. The van der Waals surface area contributed by atoms with Gasteiger partial charge in [-0.2, -0.15) is 0 Å². The zero-order chi connectivity index (χ0) is 16.5. The second kappa shape index (κ2) is 5.97. The molecule has 0 saturated heterocycles. The first-order chi connectivity index (χ1) is 11.7. The molecule has 1 heterocycles. The highest BCUT2D eigenvalue weighted by Crippen LogP contribution is 2.24. The van der Waals surface area contributed by atoms with Crippen LogP contribution in [0.1, 0.15) is 18.3 Å². The predicted octanol–water partition coefficient (Wildman–Crippen LogP) is 5.36. The fraction of sp³-hybridized carbons (Fsp3) is 0.136. The van der Waals surface area contributed by atoms with Crippen LogP contribution in [0.25, 0.3) is 21.8 Å². The van der Waals surface area contributed by atoms with Crippen molar-refractivity contribution in [2.24, 2.45) is 0 Å². The lowest BCUT2D eigenvalue weighted by Crippen LogP contribution is -2.05. The number of nitrogens with zero attached hydrogens (tertiary/aromatic N) is 2. The largest absolute Gasteiger partial charge is 0.324 e. The summed E-state index contributed by atoms with van der Waals surface area (Å²) in [5.41, 5.74) is 4.67. The highest BCUT2D eigenvalue weighted by atomic mass is 15.1. The lowest BCUT2D eigenvalue weighted by atomic mass is 10.0. The monoisotopic (exact) mass is 312 g/mol. The van der Waals surface area contributed by atoms with E-state index >= 15 is 0 Å². The number of hydrogen-bond acceptors (Lipinski definition) is 1. The quantitative estimate of drug-likeness (QED) is 0.464. The fourth-order valence-corrected chi connectivity index (χ4v) is 3.32.